The van der Waals surface area contributed by atoms with E-state index >= 15 is 0 Å². The van der Waals surface area contributed by atoms with Crippen LogP contribution in [-0.4, -0.2) is 29.8 Å². The van der Waals surface area contributed by atoms with E-state index in [1.807, 2.05) is 27.7 Å². The molecule has 0 aromatic heterocycles. The molecular weight excluding hydrogens is 288 g/mol. The summed E-state index contributed by atoms with van der Waals surface area (Å²) in [6, 6.07) is 5.03. The minimum atomic E-state index is -0.518. The number of hydrogen-bond donors (Lipinski definition) is 2. The van der Waals surface area contributed by atoms with Crippen LogP contribution in [-0.2, 0) is 9.53 Å². The maximum Gasteiger partial charge on any atom is 0.316 e. The molecule has 0 atom stereocenters. The van der Waals surface area contributed by atoms with E-state index in [4.69, 9.17) is 10.5 Å². The van der Waals surface area contributed by atoms with E-state index in [1.165, 1.54) is 11.8 Å². The van der Waals surface area contributed by atoms with Crippen LogP contribution in [0.5, 0.6) is 0 Å². The van der Waals surface area contributed by atoms with Gasteiger partial charge in [0.25, 0.3) is 5.91 Å². The third kappa shape index (κ3) is 6.08. The monoisotopic (exact) mass is 310 g/mol. The number of hydrogen-bond acceptors (Lipinski definition) is 5. The number of rotatable bonds is 5. The Hall–Kier alpha value is -1.69. The molecule has 6 heteroatoms. The Morgan fingerprint density at radius 2 is 2.00 bits per heavy atom. The van der Waals surface area contributed by atoms with Crippen molar-refractivity contribution in [3.05, 3.63) is 23.8 Å². The number of nitrogens with one attached hydrogen (secondary N) is 1. The highest BCUT2D eigenvalue weighted by molar-refractivity contribution is 8.00. The summed E-state index contributed by atoms with van der Waals surface area (Å²) in [5.74, 6) is -0.367. The first-order chi connectivity index (χ1) is 9.73. The minimum absolute atomic E-state index is 0.132. The van der Waals surface area contributed by atoms with E-state index in [1.54, 1.807) is 18.2 Å². The van der Waals surface area contributed by atoms with E-state index in [2.05, 4.69) is 5.32 Å². The number of amides is 1. The molecule has 1 aromatic carbocycles. The quantitative estimate of drug-likeness (QED) is 0.496. The van der Waals surface area contributed by atoms with Gasteiger partial charge in [0.15, 0.2) is 0 Å². The minimum Gasteiger partial charge on any atom is -0.459 e. The number of thioether (sulfide) groups is 1. The van der Waals surface area contributed by atoms with Crippen LogP contribution in [0.3, 0.4) is 0 Å². The highest BCUT2D eigenvalue weighted by Crippen LogP contribution is 2.26. The van der Waals surface area contributed by atoms with Gasteiger partial charge in [-0.3, -0.25) is 9.59 Å². The fourth-order valence-corrected chi connectivity index (χ4v) is 2.48. The number of benzene rings is 1. The molecule has 0 aliphatic rings. The predicted molar refractivity (Wildman–Crippen MR) is 85.4 cm³/mol. The summed E-state index contributed by atoms with van der Waals surface area (Å²) in [4.78, 5) is 24.4. The van der Waals surface area contributed by atoms with Gasteiger partial charge in [-0.2, -0.15) is 0 Å². The molecule has 1 rings (SSSR count). The van der Waals surface area contributed by atoms with Gasteiger partial charge in [0.1, 0.15) is 5.60 Å². The van der Waals surface area contributed by atoms with Crippen molar-refractivity contribution in [3.63, 3.8) is 0 Å². The number of carbonyl (C=O) groups is 2. The lowest BCUT2D eigenvalue weighted by Gasteiger charge is -2.19. The van der Waals surface area contributed by atoms with Crippen molar-refractivity contribution in [3.8, 4) is 0 Å². The smallest absolute Gasteiger partial charge is 0.316 e. The molecule has 0 fully saturated rings. The maximum atomic E-state index is 12.0. The Bertz CT molecular complexity index is 524. The number of nitrogens with two attached hydrogens (primary N) is 1. The molecule has 116 valence electrons. The highest BCUT2D eigenvalue weighted by atomic mass is 32.2. The summed E-state index contributed by atoms with van der Waals surface area (Å²) >= 11 is 1.25. The molecule has 1 amide bonds. The van der Waals surface area contributed by atoms with Crippen LogP contribution in [0, 0.1) is 0 Å². The third-order valence-electron chi connectivity index (χ3n) is 2.35. The Kier molecular flexibility index (Phi) is 6.08. The van der Waals surface area contributed by atoms with Crippen LogP contribution in [0.1, 0.15) is 38.1 Å². The third-order valence-corrected chi connectivity index (χ3v) is 3.38. The van der Waals surface area contributed by atoms with Crippen LogP contribution in [0.15, 0.2) is 23.1 Å². The maximum absolute atomic E-state index is 12.0. The van der Waals surface area contributed by atoms with Gasteiger partial charge in [0, 0.05) is 17.1 Å². The first-order valence-electron chi connectivity index (χ1n) is 6.75. The molecule has 0 aliphatic carbocycles. The van der Waals surface area contributed by atoms with Crippen molar-refractivity contribution in [2.75, 3.05) is 18.0 Å². The topological polar surface area (TPSA) is 81.4 Å². The summed E-state index contributed by atoms with van der Waals surface area (Å²) in [7, 11) is 0. The molecule has 0 radical (unpaired) electrons. The van der Waals surface area contributed by atoms with Crippen molar-refractivity contribution in [2.24, 2.45) is 0 Å². The molecule has 0 saturated carbocycles. The lowest BCUT2D eigenvalue weighted by atomic mass is 10.2. The Labute approximate surface area is 129 Å². The summed E-state index contributed by atoms with van der Waals surface area (Å²) in [5, 5.41) is 2.74. The molecule has 5 nitrogen and oxygen atoms in total. The van der Waals surface area contributed by atoms with Gasteiger partial charge in [-0.1, -0.05) is 0 Å². The van der Waals surface area contributed by atoms with Crippen LogP contribution < -0.4 is 11.1 Å². The number of carbonyl (C=O) groups excluding carboxylic acids is 2. The predicted octanol–water partition coefficient (Wildman–Crippen LogP) is 2.45. The molecule has 0 unspecified atom stereocenters. The van der Waals surface area contributed by atoms with Crippen molar-refractivity contribution in [1.82, 2.24) is 5.32 Å². The standard InChI is InChI=1S/C15H22N2O3S/c1-5-17-14(19)11-7-6-10(16)8-12(11)21-9-13(18)20-15(2,3)4/h6-8H,5,9,16H2,1-4H3,(H,17,19). The van der Waals surface area contributed by atoms with Crippen molar-refractivity contribution < 1.29 is 14.3 Å². The van der Waals surface area contributed by atoms with E-state index < -0.39 is 5.60 Å². The van der Waals surface area contributed by atoms with Crippen LogP contribution in [0.2, 0.25) is 0 Å². The fourth-order valence-electron chi connectivity index (χ4n) is 1.61. The normalized spacial score (nSPS) is 11.0. The van der Waals surface area contributed by atoms with E-state index in [0.29, 0.717) is 22.7 Å². The highest BCUT2D eigenvalue weighted by Gasteiger charge is 2.18. The van der Waals surface area contributed by atoms with E-state index in [9.17, 15) is 9.59 Å². The Morgan fingerprint density at radius 1 is 1.33 bits per heavy atom. The second-order valence-electron chi connectivity index (χ2n) is 5.49. The van der Waals surface area contributed by atoms with E-state index in [-0.39, 0.29) is 17.6 Å². The van der Waals surface area contributed by atoms with Crippen LogP contribution in [0.25, 0.3) is 0 Å². The molecule has 3 N–H and O–H groups in total. The largest absolute Gasteiger partial charge is 0.459 e. The van der Waals surface area contributed by atoms with Gasteiger partial charge in [-0.05, 0) is 45.9 Å². The number of ether oxygens (including phenoxy) is 1. The van der Waals surface area contributed by atoms with Crippen molar-refractivity contribution >= 4 is 29.3 Å². The molecule has 0 saturated heterocycles. The lowest BCUT2D eigenvalue weighted by Crippen LogP contribution is -2.25. The molecule has 0 bridgehead atoms. The van der Waals surface area contributed by atoms with E-state index in [0.717, 1.165) is 0 Å². The molecular formula is C15H22N2O3S. The summed E-state index contributed by atoms with van der Waals surface area (Å²) < 4.78 is 5.25. The molecule has 0 spiro atoms. The van der Waals surface area contributed by atoms with Gasteiger partial charge in [-0.25, -0.2) is 0 Å². The first kappa shape index (κ1) is 17.4. The molecule has 1 aromatic rings. The van der Waals surface area contributed by atoms with Crippen molar-refractivity contribution in [2.45, 2.75) is 38.2 Å². The zero-order valence-corrected chi connectivity index (χ0v) is 13.7. The van der Waals surface area contributed by atoms with Crippen LogP contribution in [0.4, 0.5) is 5.69 Å². The number of esters is 1. The fraction of sp³-hybridized carbons (Fsp3) is 0.467. The first-order valence-corrected chi connectivity index (χ1v) is 7.74. The Morgan fingerprint density at radius 3 is 2.57 bits per heavy atom. The van der Waals surface area contributed by atoms with Gasteiger partial charge in [0.2, 0.25) is 0 Å². The molecule has 0 aliphatic heterocycles. The number of anilines is 1. The summed E-state index contributed by atoms with van der Waals surface area (Å²) in [5.41, 5.74) is 6.29. The Balaban J connectivity index is 2.80. The SMILES string of the molecule is CCNC(=O)c1ccc(N)cc1SCC(=O)OC(C)(C)C. The second-order valence-corrected chi connectivity index (χ2v) is 6.51. The molecule has 21 heavy (non-hydrogen) atoms. The number of nitrogen functional groups attached to an aromatic ring is 1. The zero-order valence-electron chi connectivity index (χ0n) is 12.9. The zero-order chi connectivity index (χ0) is 16.0. The average molecular weight is 310 g/mol. The summed E-state index contributed by atoms with van der Waals surface area (Å²) in [6.45, 7) is 7.84. The second kappa shape index (κ2) is 7.36. The lowest BCUT2D eigenvalue weighted by molar-refractivity contribution is -0.151. The van der Waals surface area contributed by atoms with Gasteiger partial charge < -0.3 is 15.8 Å². The van der Waals surface area contributed by atoms with Gasteiger partial charge in [-0.15, -0.1) is 11.8 Å². The summed E-state index contributed by atoms with van der Waals surface area (Å²) in [6.07, 6.45) is 0. The van der Waals surface area contributed by atoms with Crippen LogP contribution >= 0.6 is 11.8 Å². The van der Waals surface area contributed by atoms with Gasteiger partial charge >= 0.3 is 5.97 Å². The van der Waals surface area contributed by atoms with Gasteiger partial charge in [0.05, 0.1) is 11.3 Å². The molecule has 0 heterocycles. The average Bonchev–Trinajstić information content (AvgIpc) is 2.34. The van der Waals surface area contributed by atoms with Crippen molar-refractivity contribution in [1.29, 1.82) is 0 Å².